The number of hydrogen-bond acceptors (Lipinski definition) is 2. The van der Waals surface area contributed by atoms with Gasteiger partial charge in [0.1, 0.15) is 0 Å². The van der Waals surface area contributed by atoms with Gasteiger partial charge in [-0.25, -0.2) is 4.98 Å². The number of aryl methyl sites for hydroxylation is 2. The lowest BCUT2D eigenvalue weighted by Crippen LogP contribution is -1.87. The van der Waals surface area contributed by atoms with Crippen molar-refractivity contribution in [2.75, 3.05) is 0 Å². The lowest BCUT2D eigenvalue weighted by Gasteiger charge is -2.07. The van der Waals surface area contributed by atoms with Crippen LogP contribution in [0, 0.1) is 13.8 Å². The van der Waals surface area contributed by atoms with Crippen molar-refractivity contribution in [3.63, 3.8) is 0 Å². The number of para-hydroxylation sites is 1. The molecule has 0 amide bonds. The predicted octanol–water partition coefficient (Wildman–Crippen LogP) is 6.89. The van der Waals surface area contributed by atoms with Gasteiger partial charge in [-0.15, -0.1) is 11.3 Å². The van der Waals surface area contributed by atoms with Gasteiger partial charge in [0.05, 0.1) is 15.9 Å². The third kappa shape index (κ3) is 2.18. The summed E-state index contributed by atoms with van der Waals surface area (Å²) < 4.78 is 2.66. The van der Waals surface area contributed by atoms with Gasteiger partial charge in [-0.1, -0.05) is 60.2 Å². The fraction of sp³-hybridized carbons (Fsp3) is 0.0870. The first kappa shape index (κ1) is 14.6. The van der Waals surface area contributed by atoms with Crippen LogP contribution in [0.2, 0.25) is 0 Å². The molecule has 25 heavy (non-hydrogen) atoms. The average Bonchev–Trinajstić information content (AvgIpc) is 3.02. The smallest absolute Gasteiger partial charge is 0.0888 e. The van der Waals surface area contributed by atoms with Crippen LogP contribution in [0.25, 0.3) is 42.3 Å². The topological polar surface area (TPSA) is 12.9 Å². The Kier molecular flexibility index (Phi) is 3.16. The fourth-order valence-electron chi connectivity index (χ4n) is 3.73. The van der Waals surface area contributed by atoms with Gasteiger partial charge in [-0.2, -0.15) is 0 Å². The lowest BCUT2D eigenvalue weighted by atomic mass is 10.0. The first-order valence-corrected chi connectivity index (χ1v) is 9.31. The molecule has 0 aliphatic rings. The molecule has 0 spiro atoms. The van der Waals surface area contributed by atoms with Crippen LogP contribution < -0.4 is 0 Å². The van der Waals surface area contributed by atoms with Crippen LogP contribution in [0.15, 0.2) is 66.7 Å². The Hall–Kier alpha value is -2.71. The largest absolute Gasteiger partial charge is 0.246 e. The minimum atomic E-state index is 1.06. The standard InChI is InChI=1S/C23H17NS/c1-14-12-15(2)22-18(13-14)20-17-10-6-7-11-19(17)24-21(23(20)25-22)16-8-4-3-5-9-16/h3-13H,1-2H3. The summed E-state index contributed by atoms with van der Waals surface area (Å²) in [6.07, 6.45) is 0. The number of thiophene rings is 1. The molecule has 0 saturated carbocycles. The molecule has 0 aliphatic carbocycles. The first-order chi connectivity index (χ1) is 12.2. The van der Waals surface area contributed by atoms with Gasteiger partial charge in [0, 0.05) is 26.4 Å². The molecule has 1 nitrogen and oxygen atoms in total. The zero-order valence-corrected chi connectivity index (χ0v) is 15.0. The summed E-state index contributed by atoms with van der Waals surface area (Å²) in [4.78, 5) is 5.03. The molecule has 0 radical (unpaired) electrons. The van der Waals surface area contributed by atoms with E-state index in [-0.39, 0.29) is 0 Å². The predicted molar refractivity (Wildman–Crippen MR) is 110 cm³/mol. The van der Waals surface area contributed by atoms with Crippen molar-refractivity contribution in [1.82, 2.24) is 4.98 Å². The Balaban J connectivity index is 2.06. The van der Waals surface area contributed by atoms with Crippen LogP contribution in [0.1, 0.15) is 11.1 Å². The van der Waals surface area contributed by atoms with E-state index in [2.05, 4.69) is 80.6 Å². The molecule has 0 N–H and O–H groups in total. The zero-order chi connectivity index (χ0) is 17.0. The van der Waals surface area contributed by atoms with Crippen LogP contribution in [0.5, 0.6) is 0 Å². The van der Waals surface area contributed by atoms with Gasteiger partial charge in [-0.05, 0) is 31.5 Å². The molecule has 5 rings (SSSR count). The van der Waals surface area contributed by atoms with Gasteiger partial charge in [0.15, 0.2) is 0 Å². The van der Waals surface area contributed by atoms with Crippen LogP contribution in [-0.2, 0) is 0 Å². The summed E-state index contributed by atoms with van der Waals surface area (Å²) >= 11 is 1.87. The summed E-state index contributed by atoms with van der Waals surface area (Å²) in [7, 11) is 0. The fourth-order valence-corrected chi connectivity index (χ4v) is 5.01. The monoisotopic (exact) mass is 339 g/mol. The van der Waals surface area contributed by atoms with E-state index in [1.165, 1.54) is 42.2 Å². The maximum atomic E-state index is 5.03. The Bertz CT molecular complexity index is 1250. The van der Waals surface area contributed by atoms with Crippen molar-refractivity contribution in [2.24, 2.45) is 0 Å². The molecule has 5 aromatic rings. The molecule has 2 heterocycles. The molecule has 0 fully saturated rings. The van der Waals surface area contributed by atoms with Gasteiger partial charge in [-0.3, -0.25) is 0 Å². The molecular weight excluding hydrogens is 322 g/mol. The Labute approximate surface area is 150 Å². The van der Waals surface area contributed by atoms with E-state index >= 15 is 0 Å². The first-order valence-electron chi connectivity index (χ1n) is 8.50. The van der Waals surface area contributed by atoms with Crippen LogP contribution >= 0.6 is 11.3 Å². The summed E-state index contributed by atoms with van der Waals surface area (Å²) in [5.74, 6) is 0. The SMILES string of the molecule is Cc1cc(C)c2sc3c(-c4ccccc4)nc4ccccc4c3c2c1. The highest BCUT2D eigenvalue weighted by Crippen LogP contribution is 2.43. The van der Waals surface area contributed by atoms with Crippen molar-refractivity contribution in [1.29, 1.82) is 0 Å². The number of benzene rings is 3. The van der Waals surface area contributed by atoms with Crippen LogP contribution in [0.3, 0.4) is 0 Å². The minimum absolute atomic E-state index is 1.06. The maximum Gasteiger partial charge on any atom is 0.0888 e. The van der Waals surface area contributed by atoms with Crippen LogP contribution in [0.4, 0.5) is 0 Å². The molecular formula is C23H17NS. The van der Waals surface area contributed by atoms with Crippen molar-refractivity contribution in [3.8, 4) is 11.3 Å². The molecule has 120 valence electrons. The number of rotatable bonds is 1. The highest BCUT2D eigenvalue weighted by molar-refractivity contribution is 7.26. The Morgan fingerprint density at radius 1 is 0.760 bits per heavy atom. The Morgan fingerprint density at radius 3 is 2.36 bits per heavy atom. The molecule has 0 bridgehead atoms. The third-order valence-corrected chi connectivity index (χ3v) is 6.14. The number of nitrogens with zero attached hydrogens (tertiary/aromatic N) is 1. The molecule has 3 aromatic carbocycles. The molecule has 2 heteroatoms. The minimum Gasteiger partial charge on any atom is -0.246 e. The summed E-state index contributed by atoms with van der Waals surface area (Å²) in [6, 6.07) is 23.6. The number of aromatic nitrogens is 1. The molecule has 0 saturated heterocycles. The van der Waals surface area contributed by atoms with E-state index < -0.39 is 0 Å². The third-order valence-electron chi connectivity index (χ3n) is 4.79. The number of pyridine rings is 1. The average molecular weight is 339 g/mol. The highest BCUT2D eigenvalue weighted by Gasteiger charge is 2.16. The van der Waals surface area contributed by atoms with Crippen molar-refractivity contribution in [2.45, 2.75) is 13.8 Å². The summed E-state index contributed by atoms with van der Waals surface area (Å²) in [6.45, 7) is 4.39. The Morgan fingerprint density at radius 2 is 1.52 bits per heavy atom. The molecule has 0 aliphatic heterocycles. The molecule has 2 aromatic heterocycles. The summed E-state index contributed by atoms with van der Waals surface area (Å²) in [5, 5.41) is 3.94. The van der Waals surface area contributed by atoms with Crippen molar-refractivity contribution in [3.05, 3.63) is 77.9 Å². The van der Waals surface area contributed by atoms with Crippen LogP contribution in [-0.4, -0.2) is 4.98 Å². The second-order valence-corrected chi connectivity index (χ2v) is 7.63. The van der Waals surface area contributed by atoms with Crippen molar-refractivity contribution >= 4 is 42.4 Å². The van der Waals surface area contributed by atoms with Crippen molar-refractivity contribution < 1.29 is 0 Å². The van der Waals surface area contributed by atoms with Gasteiger partial charge in [0.25, 0.3) is 0 Å². The van der Waals surface area contributed by atoms with Gasteiger partial charge in [0.2, 0.25) is 0 Å². The van der Waals surface area contributed by atoms with E-state index in [0.717, 1.165) is 11.2 Å². The van der Waals surface area contributed by atoms with Gasteiger partial charge >= 0.3 is 0 Å². The number of fused-ring (bicyclic) bond motifs is 5. The van der Waals surface area contributed by atoms with E-state index in [0.29, 0.717) is 0 Å². The maximum absolute atomic E-state index is 5.03. The lowest BCUT2D eigenvalue weighted by molar-refractivity contribution is 1.43. The van der Waals surface area contributed by atoms with E-state index in [9.17, 15) is 0 Å². The zero-order valence-electron chi connectivity index (χ0n) is 14.2. The van der Waals surface area contributed by atoms with E-state index in [1.54, 1.807) is 0 Å². The quantitative estimate of drug-likeness (QED) is 0.324. The number of hydrogen-bond donors (Lipinski definition) is 0. The van der Waals surface area contributed by atoms with E-state index in [1.807, 2.05) is 11.3 Å². The van der Waals surface area contributed by atoms with E-state index in [4.69, 9.17) is 4.98 Å². The summed E-state index contributed by atoms with van der Waals surface area (Å²) in [5.41, 5.74) is 5.99. The second kappa shape index (κ2) is 5.40. The normalized spacial score (nSPS) is 11.6. The van der Waals surface area contributed by atoms with Gasteiger partial charge < -0.3 is 0 Å². The molecule has 0 unspecified atom stereocenters. The highest BCUT2D eigenvalue weighted by atomic mass is 32.1. The second-order valence-electron chi connectivity index (χ2n) is 6.61. The molecule has 0 atom stereocenters.